The van der Waals surface area contributed by atoms with Gasteiger partial charge in [-0.2, -0.15) is 0 Å². The second kappa shape index (κ2) is 7.62. The molecule has 0 radical (unpaired) electrons. The highest BCUT2D eigenvalue weighted by Gasteiger charge is 2.58. The molecule has 8 nitrogen and oxygen atoms in total. The van der Waals surface area contributed by atoms with Crippen molar-refractivity contribution in [1.29, 1.82) is 0 Å². The largest absolute Gasteiger partial charge is 0.465 e. The van der Waals surface area contributed by atoms with E-state index in [2.05, 4.69) is 0 Å². The number of epoxide rings is 2. The molecule has 7 rings (SSSR count). The van der Waals surface area contributed by atoms with Crippen LogP contribution in [0.25, 0.3) is 0 Å². The number of ether oxygens (including phenoxy) is 7. The van der Waals surface area contributed by atoms with Crippen LogP contribution < -0.4 is 0 Å². The van der Waals surface area contributed by atoms with Gasteiger partial charge in [-0.15, -0.1) is 0 Å². The Labute approximate surface area is 188 Å². The van der Waals surface area contributed by atoms with Crippen LogP contribution in [0.5, 0.6) is 0 Å². The van der Waals surface area contributed by atoms with Gasteiger partial charge in [0, 0.05) is 31.6 Å². The molecule has 4 aliphatic heterocycles. The van der Waals surface area contributed by atoms with Crippen molar-refractivity contribution in [1.82, 2.24) is 0 Å². The zero-order chi connectivity index (χ0) is 21.3. The lowest BCUT2D eigenvalue weighted by atomic mass is 9.79. The third-order valence-corrected chi connectivity index (χ3v) is 8.96. The van der Waals surface area contributed by atoms with Crippen LogP contribution >= 0.6 is 0 Å². The van der Waals surface area contributed by atoms with E-state index in [0.29, 0.717) is 50.5 Å². The summed E-state index contributed by atoms with van der Waals surface area (Å²) in [6.45, 7) is 2.47. The first kappa shape index (κ1) is 20.6. The Morgan fingerprint density at radius 3 is 2.44 bits per heavy atom. The fourth-order valence-corrected chi connectivity index (χ4v) is 6.95. The molecule has 0 amide bonds. The van der Waals surface area contributed by atoms with Gasteiger partial charge in [0.1, 0.15) is 0 Å². The molecule has 2 spiro atoms. The minimum Gasteiger partial charge on any atom is -0.465 e. The Bertz CT molecular complexity index is 740. The molecule has 7 aliphatic rings. The van der Waals surface area contributed by atoms with Crippen LogP contribution in [0.4, 0.5) is 0 Å². The minimum absolute atomic E-state index is 0.0110. The summed E-state index contributed by atoms with van der Waals surface area (Å²) in [6.07, 6.45) is 9.21. The standard InChI is InChI=1S/C24H34O8/c25-22(15-1-2-17-18(11-15)30-17)26-12-14-9-16(21-19(10-14)31-21)20-13-29-24(32-20)5-3-23(4-6-24)27-7-8-28-23/h14-21H,1-13H2. The fourth-order valence-electron chi connectivity index (χ4n) is 6.95. The SMILES string of the molecule is O=C(OCC1CC2OC2C(C2COC3(CCC4(CC3)OCCO4)O2)C1)C1CCC2OC2C1. The van der Waals surface area contributed by atoms with Gasteiger partial charge in [0.2, 0.25) is 0 Å². The van der Waals surface area contributed by atoms with Gasteiger partial charge in [0.05, 0.1) is 62.9 Å². The van der Waals surface area contributed by atoms with E-state index in [1.54, 1.807) is 0 Å². The molecular formula is C24H34O8. The zero-order valence-electron chi connectivity index (χ0n) is 18.6. The quantitative estimate of drug-likeness (QED) is 0.476. The predicted molar refractivity (Wildman–Crippen MR) is 108 cm³/mol. The first-order chi connectivity index (χ1) is 15.6. The molecule has 7 fully saturated rings. The molecule has 4 saturated heterocycles. The lowest BCUT2D eigenvalue weighted by Gasteiger charge is -2.40. The Kier molecular flexibility index (Phi) is 4.90. The first-order valence-electron chi connectivity index (χ1n) is 12.7. The van der Waals surface area contributed by atoms with Crippen LogP contribution in [0, 0.1) is 17.8 Å². The van der Waals surface area contributed by atoms with Crippen molar-refractivity contribution in [3.8, 4) is 0 Å². The van der Waals surface area contributed by atoms with E-state index in [1.165, 1.54) is 0 Å². The second-order valence-electron chi connectivity index (χ2n) is 11.0. The zero-order valence-corrected chi connectivity index (χ0v) is 18.6. The molecular weight excluding hydrogens is 416 g/mol. The van der Waals surface area contributed by atoms with Crippen molar-refractivity contribution >= 4 is 5.97 Å². The van der Waals surface area contributed by atoms with Crippen LogP contribution in [0.15, 0.2) is 0 Å². The van der Waals surface area contributed by atoms with E-state index in [4.69, 9.17) is 33.2 Å². The third kappa shape index (κ3) is 3.71. The maximum absolute atomic E-state index is 12.6. The van der Waals surface area contributed by atoms with Crippen LogP contribution in [-0.2, 0) is 38.0 Å². The Morgan fingerprint density at radius 2 is 1.62 bits per heavy atom. The summed E-state index contributed by atoms with van der Waals surface area (Å²) in [5.41, 5.74) is 0. The number of esters is 1. The molecule has 4 heterocycles. The van der Waals surface area contributed by atoms with Crippen molar-refractivity contribution in [2.75, 3.05) is 26.4 Å². The highest BCUT2D eigenvalue weighted by Crippen LogP contribution is 2.51. The lowest BCUT2D eigenvalue weighted by Crippen LogP contribution is -2.45. The smallest absolute Gasteiger partial charge is 0.309 e. The Balaban J connectivity index is 0.926. The molecule has 0 aromatic rings. The Morgan fingerprint density at radius 1 is 0.812 bits per heavy atom. The summed E-state index contributed by atoms with van der Waals surface area (Å²) in [5.74, 6) is -0.305. The molecule has 178 valence electrons. The maximum atomic E-state index is 12.6. The van der Waals surface area contributed by atoms with Crippen molar-refractivity contribution in [2.45, 2.75) is 99.9 Å². The van der Waals surface area contributed by atoms with Crippen LogP contribution in [-0.4, -0.2) is 74.5 Å². The number of carbonyl (C=O) groups excluding carboxylic acids is 1. The van der Waals surface area contributed by atoms with Gasteiger partial charge in [-0.3, -0.25) is 4.79 Å². The number of hydrogen-bond donors (Lipinski definition) is 0. The number of fused-ring (bicyclic) bond motifs is 2. The molecule has 8 atom stereocenters. The van der Waals surface area contributed by atoms with Crippen molar-refractivity contribution < 1.29 is 38.0 Å². The van der Waals surface area contributed by atoms with Crippen LogP contribution in [0.3, 0.4) is 0 Å². The van der Waals surface area contributed by atoms with E-state index in [-0.39, 0.29) is 30.2 Å². The van der Waals surface area contributed by atoms with E-state index >= 15 is 0 Å². The van der Waals surface area contributed by atoms with Crippen molar-refractivity contribution in [3.63, 3.8) is 0 Å². The van der Waals surface area contributed by atoms with E-state index in [1.807, 2.05) is 0 Å². The first-order valence-corrected chi connectivity index (χ1v) is 12.7. The van der Waals surface area contributed by atoms with E-state index in [0.717, 1.165) is 57.8 Å². The van der Waals surface area contributed by atoms with Gasteiger partial charge in [-0.1, -0.05) is 0 Å². The average Bonchev–Trinajstić information content (AvgIpc) is 3.68. The lowest BCUT2D eigenvalue weighted by molar-refractivity contribution is -0.256. The topological polar surface area (TPSA) is 88.3 Å². The maximum Gasteiger partial charge on any atom is 0.309 e. The molecule has 8 unspecified atom stereocenters. The number of hydrogen-bond acceptors (Lipinski definition) is 8. The average molecular weight is 451 g/mol. The van der Waals surface area contributed by atoms with Gasteiger partial charge >= 0.3 is 5.97 Å². The second-order valence-corrected chi connectivity index (χ2v) is 11.0. The molecule has 3 aliphatic carbocycles. The van der Waals surface area contributed by atoms with Gasteiger partial charge in [-0.25, -0.2) is 0 Å². The van der Waals surface area contributed by atoms with E-state index < -0.39 is 11.6 Å². The molecule has 0 aromatic carbocycles. The molecule has 8 heteroatoms. The van der Waals surface area contributed by atoms with Gasteiger partial charge in [-0.05, 0) is 38.0 Å². The molecule has 0 aromatic heterocycles. The van der Waals surface area contributed by atoms with Gasteiger partial charge in [0.25, 0.3) is 0 Å². The highest BCUT2D eigenvalue weighted by atomic mass is 16.8. The molecule has 0 N–H and O–H groups in total. The van der Waals surface area contributed by atoms with Crippen molar-refractivity contribution in [2.24, 2.45) is 17.8 Å². The normalized spacial score (nSPS) is 47.8. The summed E-state index contributed by atoms with van der Waals surface area (Å²) in [4.78, 5) is 12.6. The summed E-state index contributed by atoms with van der Waals surface area (Å²) in [7, 11) is 0. The molecule has 0 bridgehead atoms. The Hall–Kier alpha value is -0.770. The summed E-state index contributed by atoms with van der Waals surface area (Å²) >= 11 is 0. The number of carbonyl (C=O) groups is 1. The van der Waals surface area contributed by atoms with E-state index in [9.17, 15) is 4.79 Å². The number of rotatable bonds is 4. The predicted octanol–water partition coefficient (Wildman–Crippen LogP) is 2.32. The molecule has 3 saturated carbocycles. The van der Waals surface area contributed by atoms with Gasteiger partial charge in [0.15, 0.2) is 11.6 Å². The van der Waals surface area contributed by atoms with Gasteiger partial charge < -0.3 is 33.2 Å². The van der Waals surface area contributed by atoms with Crippen LogP contribution in [0.1, 0.15) is 57.8 Å². The van der Waals surface area contributed by atoms with Crippen molar-refractivity contribution in [3.05, 3.63) is 0 Å². The third-order valence-electron chi connectivity index (χ3n) is 8.96. The van der Waals surface area contributed by atoms with Crippen LogP contribution in [0.2, 0.25) is 0 Å². The molecule has 32 heavy (non-hydrogen) atoms. The monoisotopic (exact) mass is 450 g/mol. The summed E-state index contributed by atoms with van der Waals surface area (Å²) < 4.78 is 41.9. The summed E-state index contributed by atoms with van der Waals surface area (Å²) in [5, 5.41) is 0. The summed E-state index contributed by atoms with van der Waals surface area (Å²) in [6, 6.07) is 0. The fraction of sp³-hybridized carbons (Fsp3) is 0.958. The highest BCUT2D eigenvalue weighted by molar-refractivity contribution is 5.72. The minimum atomic E-state index is -0.501.